The fraction of sp³-hybridized carbons (Fsp3) is 0.360. The lowest BCUT2D eigenvalue weighted by molar-refractivity contribution is 0.122. The van der Waals surface area contributed by atoms with Gasteiger partial charge in [0.05, 0.1) is 41.3 Å². The molecule has 4 rings (SSSR count). The van der Waals surface area contributed by atoms with Crippen LogP contribution in [-0.2, 0) is 14.6 Å². The number of benzene rings is 2. The van der Waals surface area contributed by atoms with Gasteiger partial charge in [0.1, 0.15) is 16.6 Å². The minimum absolute atomic E-state index is 0.0359. The number of rotatable bonds is 9. The summed E-state index contributed by atoms with van der Waals surface area (Å²) in [5.74, 6) is 1.01. The molecule has 0 saturated carbocycles. The Balaban J connectivity index is 1.65. The summed E-state index contributed by atoms with van der Waals surface area (Å²) in [6.07, 6.45) is 0. The van der Waals surface area contributed by atoms with Gasteiger partial charge < -0.3 is 30.7 Å². The first kappa shape index (κ1) is 26.8. The van der Waals surface area contributed by atoms with Gasteiger partial charge in [-0.05, 0) is 45.0 Å². The maximum absolute atomic E-state index is 12.9. The van der Waals surface area contributed by atoms with Crippen LogP contribution < -0.4 is 26.0 Å². The van der Waals surface area contributed by atoms with Crippen LogP contribution in [0.3, 0.4) is 0 Å². The zero-order chi connectivity index (χ0) is 26.6. The number of morpholine rings is 1. The standard InChI is InChI=1S/C25H31ClN6O4S/c1-4-36-20-15-17(32-11-13-35-14-12-32)9-10-18(20)29-25-30-23(27)22(26)24(31-25)28-19-7-5-6-8-21(19)37(33,34)16(2)3/h5-10,15-16H,4,11-14H2,1-3H3,(H4,27,28,29,30,31). The number of hydrogen-bond donors (Lipinski definition) is 3. The lowest BCUT2D eigenvalue weighted by Crippen LogP contribution is -2.36. The highest BCUT2D eigenvalue weighted by molar-refractivity contribution is 7.92. The van der Waals surface area contributed by atoms with Crippen LogP contribution >= 0.6 is 11.6 Å². The molecular formula is C25H31ClN6O4S. The van der Waals surface area contributed by atoms with Crippen molar-refractivity contribution in [3.8, 4) is 5.75 Å². The lowest BCUT2D eigenvalue weighted by atomic mass is 10.2. The summed E-state index contributed by atoms with van der Waals surface area (Å²) in [6, 6.07) is 12.4. The summed E-state index contributed by atoms with van der Waals surface area (Å²) in [5.41, 5.74) is 8.10. The molecule has 0 radical (unpaired) electrons. The Morgan fingerprint density at radius 2 is 1.84 bits per heavy atom. The van der Waals surface area contributed by atoms with Crippen LogP contribution in [0.2, 0.25) is 5.02 Å². The predicted octanol–water partition coefficient (Wildman–Crippen LogP) is 4.62. The molecule has 0 bridgehead atoms. The molecule has 1 saturated heterocycles. The van der Waals surface area contributed by atoms with Crippen molar-refractivity contribution in [3.05, 3.63) is 47.5 Å². The Bertz CT molecular complexity index is 1360. The molecule has 1 aliphatic rings. The predicted molar refractivity (Wildman–Crippen MR) is 147 cm³/mol. The SMILES string of the molecule is CCOc1cc(N2CCOCC2)ccc1Nc1nc(N)c(Cl)c(Nc2ccccc2S(=O)(=O)C(C)C)n1. The van der Waals surface area contributed by atoms with Crippen molar-refractivity contribution >= 4 is 56.1 Å². The number of nitrogens with one attached hydrogen (secondary N) is 2. The van der Waals surface area contributed by atoms with Crippen LogP contribution in [0.5, 0.6) is 5.75 Å². The third kappa shape index (κ3) is 6.00. The molecule has 1 fully saturated rings. The van der Waals surface area contributed by atoms with Crippen molar-refractivity contribution in [3.63, 3.8) is 0 Å². The molecule has 2 heterocycles. The third-order valence-corrected chi connectivity index (χ3v) is 8.41. The summed E-state index contributed by atoms with van der Waals surface area (Å²) in [6.45, 7) is 8.61. The number of ether oxygens (including phenoxy) is 2. The quantitative estimate of drug-likeness (QED) is 0.349. The van der Waals surface area contributed by atoms with Crippen LogP contribution in [0.4, 0.5) is 34.6 Å². The highest BCUT2D eigenvalue weighted by Crippen LogP contribution is 2.35. The van der Waals surface area contributed by atoms with Crippen LogP contribution in [0.1, 0.15) is 20.8 Å². The van der Waals surface area contributed by atoms with Gasteiger partial charge in [0.15, 0.2) is 15.7 Å². The highest BCUT2D eigenvalue weighted by Gasteiger charge is 2.24. The molecule has 1 aromatic heterocycles. The van der Waals surface area contributed by atoms with E-state index < -0.39 is 15.1 Å². The minimum atomic E-state index is -3.56. The number of hydrogen-bond acceptors (Lipinski definition) is 10. The third-order valence-electron chi connectivity index (χ3n) is 5.83. The first-order valence-corrected chi connectivity index (χ1v) is 13.9. The molecule has 4 N–H and O–H groups in total. The van der Waals surface area contributed by atoms with E-state index in [1.807, 2.05) is 25.1 Å². The number of anilines is 6. The van der Waals surface area contributed by atoms with E-state index in [0.717, 1.165) is 18.8 Å². The van der Waals surface area contributed by atoms with E-state index in [1.165, 1.54) is 0 Å². The normalized spacial score (nSPS) is 14.0. The summed E-state index contributed by atoms with van der Waals surface area (Å²) >= 11 is 6.40. The first-order valence-electron chi connectivity index (χ1n) is 12.0. The number of halogens is 1. The molecule has 0 aliphatic carbocycles. The van der Waals surface area contributed by atoms with E-state index in [4.69, 9.17) is 26.8 Å². The zero-order valence-corrected chi connectivity index (χ0v) is 22.6. The number of nitrogen functional groups attached to an aromatic ring is 1. The van der Waals surface area contributed by atoms with Gasteiger partial charge in [0.2, 0.25) is 5.95 Å². The molecule has 37 heavy (non-hydrogen) atoms. The van der Waals surface area contributed by atoms with Gasteiger partial charge in [-0.2, -0.15) is 9.97 Å². The molecule has 0 atom stereocenters. The number of nitrogens with zero attached hydrogens (tertiary/aromatic N) is 3. The molecule has 0 amide bonds. The van der Waals surface area contributed by atoms with Crippen molar-refractivity contribution < 1.29 is 17.9 Å². The second-order valence-corrected chi connectivity index (χ2v) is 11.5. The molecule has 0 unspecified atom stereocenters. The van der Waals surface area contributed by atoms with Gasteiger partial charge in [-0.25, -0.2) is 8.42 Å². The van der Waals surface area contributed by atoms with E-state index in [-0.39, 0.29) is 27.5 Å². The summed E-state index contributed by atoms with van der Waals surface area (Å²) < 4.78 is 37.1. The molecule has 3 aromatic rings. The summed E-state index contributed by atoms with van der Waals surface area (Å²) in [5, 5.41) is 5.66. The molecule has 0 spiro atoms. The van der Waals surface area contributed by atoms with Gasteiger partial charge in [-0.1, -0.05) is 23.7 Å². The van der Waals surface area contributed by atoms with E-state index in [1.54, 1.807) is 38.1 Å². The van der Waals surface area contributed by atoms with Gasteiger partial charge in [0.25, 0.3) is 0 Å². The van der Waals surface area contributed by atoms with Gasteiger partial charge >= 0.3 is 0 Å². The Morgan fingerprint density at radius 1 is 1.11 bits per heavy atom. The van der Waals surface area contributed by atoms with Gasteiger partial charge in [-0.3, -0.25) is 0 Å². The largest absolute Gasteiger partial charge is 0.492 e. The summed E-state index contributed by atoms with van der Waals surface area (Å²) in [7, 11) is -3.56. The Kier molecular flexibility index (Phi) is 8.25. The number of para-hydroxylation sites is 1. The Labute approximate surface area is 222 Å². The Morgan fingerprint density at radius 3 is 2.54 bits per heavy atom. The van der Waals surface area contributed by atoms with E-state index in [0.29, 0.717) is 36.9 Å². The van der Waals surface area contributed by atoms with Crippen molar-refractivity contribution in [1.29, 1.82) is 0 Å². The average Bonchev–Trinajstić information content (AvgIpc) is 2.89. The smallest absolute Gasteiger partial charge is 0.231 e. The van der Waals surface area contributed by atoms with Crippen LogP contribution in [0.25, 0.3) is 0 Å². The van der Waals surface area contributed by atoms with Crippen molar-refractivity contribution in [1.82, 2.24) is 9.97 Å². The lowest BCUT2D eigenvalue weighted by Gasteiger charge is -2.29. The monoisotopic (exact) mass is 546 g/mol. The second kappa shape index (κ2) is 11.4. The highest BCUT2D eigenvalue weighted by atomic mass is 35.5. The Hall–Kier alpha value is -3.28. The fourth-order valence-electron chi connectivity index (χ4n) is 3.83. The van der Waals surface area contributed by atoms with Crippen LogP contribution in [0.15, 0.2) is 47.4 Å². The van der Waals surface area contributed by atoms with E-state index in [2.05, 4.69) is 25.5 Å². The molecule has 10 nitrogen and oxygen atoms in total. The van der Waals surface area contributed by atoms with Gasteiger partial charge in [-0.15, -0.1) is 0 Å². The van der Waals surface area contributed by atoms with Crippen molar-refractivity contribution in [2.45, 2.75) is 30.9 Å². The van der Waals surface area contributed by atoms with Crippen molar-refractivity contribution in [2.75, 3.05) is 54.2 Å². The topological polar surface area (TPSA) is 132 Å². The summed E-state index contributed by atoms with van der Waals surface area (Å²) in [4.78, 5) is 11.1. The maximum atomic E-state index is 12.9. The second-order valence-electron chi connectivity index (χ2n) is 8.65. The number of nitrogens with two attached hydrogens (primary N) is 1. The van der Waals surface area contributed by atoms with Crippen LogP contribution in [0, 0.1) is 0 Å². The van der Waals surface area contributed by atoms with E-state index in [9.17, 15) is 8.42 Å². The van der Waals surface area contributed by atoms with Crippen molar-refractivity contribution in [2.24, 2.45) is 0 Å². The first-order chi connectivity index (χ1) is 17.7. The maximum Gasteiger partial charge on any atom is 0.231 e. The molecule has 2 aromatic carbocycles. The molecule has 12 heteroatoms. The minimum Gasteiger partial charge on any atom is -0.492 e. The number of sulfone groups is 1. The fourth-order valence-corrected chi connectivity index (χ4v) is 5.16. The number of aromatic nitrogens is 2. The van der Waals surface area contributed by atoms with E-state index >= 15 is 0 Å². The zero-order valence-electron chi connectivity index (χ0n) is 21.0. The molecule has 1 aliphatic heterocycles. The average molecular weight is 547 g/mol. The molecule has 198 valence electrons. The van der Waals surface area contributed by atoms with Gasteiger partial charge in [0, 0.05) is 24.8 Å². The van der Waals surface area contributed by atoms with Crippen LogP contribution in [-0.4, -0.2) is 56.5 Å². The molecular weight excluding hydrogens is 516 g/mol.